The van der Waals surface area contributed by atoms with Crippen LogP contribution in [0.1, 0.15) is 16.7 Å². The van der Waals surface area contributed by atoms with E-state index in [4.69, 9.17) is 8.92 Å². The average Bonchev–Trinajstić information content (AvgIpc) is 2.75. The molecule has 0 heterocycles. The Hall–Kier alpha value is -3.65. The van der Waals surface area contributed by atoms with Crippen molar-refractivity contribution in [2.75, 3.05) is 12.4 Å². The number of aryl methyl sites for hydroxylation is 2. The van der Waals surface area contributed by atoms with Gasteiger partial charge in [-0.05, 0) is 67.4 Å². The number of carbonyl (C=O) groups excluding carboxylic acids is 1. The molecule has 0 unspecified atom stereocenters. The van der Waals surface area contributed by atoms with Gasteiger partial charge in [0, 0.05) is 6.08 Å². The largest absolute Gasteiger partial charge is 0.493 e. The van der Waals surface area contributed by atoms with Gasteiger partial charge >= 0.3 is 10.1 Å². The molecule has 0 spiro atoms. The van der Waals surface area contributed by atoms with Gasteiger partial charge in [-0.2, -0.15) is 8.42 Å². The molecule has 3 aromatic rings. The molecule has 0 aliphatic rings. The van der Waals surface area contributed by atoms with E-state index in [0.29, 0.717) is 5.56 Å². The summed E-state index contributed by atoms with van der Waals surface area (Å²) in [7, 11) is -2.66. The third kappa shape index (κ3) is 5.73. The van der Waals surface area contributed by atoms with Crippen molar-refractivity contribution in [3.05, 3.63) is 89.2 Å². The molecule has 0 saturated heterocycles. The van der Waals surface area contributed by atoms with E-state index in [9.17, 15) is 17.6 Å². The molecule has 32 heavy (non-hydrogen) atoms. The minimum Gasteiger partial charge on any atom is -0.493 e. The molecule has 3 aromatic carbocycles. The van der Waals surface area contributed by atoms with E-state index in [1.807, 2.05) is 6.92 Å². The second kappa shape index (κ2) is 9.65. The molecule has 1 amide bonds. The van der Waals surface area contributed by atoms with Crippen molar-refractivity contribution in [3.63, 3.8) is 0 Å². The Morgan fingerprint density at radius 2 is 1.62 bits per heavy atom. The monoisotopic (exact) mass is 455 g/mol. The molecule has 0 fully saturated rings. The van der Waals surface area contributed by atoms with Crippen molar-refractivity contribution < 1.29 is 26.5 Å². The number of hydrogen-bond donors (Lipinski definition) is 1. The zero-order valence-corrected chi connectivity index (χ0v) is 18.6. The predicted molar refractivity (Wildman–Crippen MR) is 121 cm³/mol. The first-order valence-corrected chi connectivity index (χ1v) is 11.0. The summed E-state index contributed by atoms with van der Waals surface area (Å²) in [6, 6.07) is 15.2. The first-order valence-electron chi connectivity index (χ1n) is 9.62. The molecule has 0 bridgehead atoms. The van der Waals surface area contributed by atoms with Crippen LogP contribution < -0.4 is 14.2 Å². The van der Waals surface area contributed by atoms with Crippen molar-refractivity contribution in [1.29, 1.82) is 0 Å². The Labute approximate surface area is 186 Å². The summed E-state index contributed by atoms with van der Waals surface area (Å²) in [4.78, 5) is 12.2. The lowest BCUT2D eigenvalue weighted by Gasteiger charge is -2.11. The van der Waals surface area contributed by atoms with Gasteiger partial charge in [-0.1, -0.05) is 29.8 Å². The number of anilines is 1. The van der Waals surface area contributed by atoms with Gasteiger partial charge in [0.05, 0.1) is 12.8 Å². The zero-order valence-electron chi connectivity index (χ0n) is 17.8. The minimum atomic E-state index is -4.04. The topological polar surface area (TPSA) is 81.7 Å². The highest BCUT2D eigenvalue weighted by Crippen LogP contribution is 2.31. The molecular weight excluding hydrogens is 433 g/mol. The maximum Gasteiger partial charge on any atom is 0.339 e. The number of benzene rings is 3. The van der Waals surface area contributed by atoms with Crippen LogP contribution in [0.5, 0.6) is 11.5 Å². The van der Waals surface area contributed by atoms with Gasteiger partial charge in [0.25, 0.3) is 0 Å². The number of halogens is 1. The smallest absolute Gasteiger partial charge is 0.339 e. The first kappa shape index (κ1) is 23.0. The number of methoxy groups -OCH3 is 1. The number of carbonyl (C=O) groups is 1. The maximum atomic E-state index is 13.8. The second-order valence-electron chi connectivity index (χ2n) is 7.07. The van der Waals surface area contributed by atoms with Gasteiger partial charge in [-0.15, -0.1) is 0 Å². The number of nitrogens with one attached hydrogen (secondary N) is 1. The standard InChI is InChI=1S/C24H22FNO5S/c1-16-4-9-19(10-5-16)32(28,29)31-22-12-7-18(15-23(22)30-3)8-13-24(27)26-21-14-17(2)6-11-20(21)25/h4-15H,1-3H3,(H,26,27)/b13-8+. The highest BCUT2D eigenvalue weighted by molar-refractivity contribution is 7.87. The van der Waals surface area contributed by atoms with E-state index in [1.54, 1.807) is 31.2 Å². The molecular formula is C24H22FNO5S. The Balaban J connectivity index is 1.75. The third-order valence-corrected chi connectivity index (χ3v) is 5.75. The Morgan fingerprint density at radius 1 is 0.938 bits per heavy atom. The van der Waals surface area contributed by atoms with Crippen LogP contribution in [0.3, 0.4) is 0 Å². The van der Waals surface area contributed by atoms with Crippen LogP contribution in [0, 0.1) is 19.7 Å². The minimum absolute atomic E-state index is 0.0107. The van der Waals surface area contributed by atoms with Crippen molar-refractivity contribution in [2.24, 2.45) is 0 Å². The van der Waals surface area contributed by atoms with Crippen LogP contribution >= 0.6 is 0 Å². The third-order valence-electron chi connectivity index (χ3n) is 4.50. The molecule has 3 rings (SSSR count). The Morgan fingerprint density at radius 3 is 2.31 bits per heavy atom. The molecule has 0 radical (unpaired) electrons. The lowest BCUT2D eigenvalue weighted by atomic mass is 10.2. The number of amides is 1. The quantitative estimate of drug-likeness (QED) is 0.406. The zero-order chi connectivity index (χ0) is 23.3. The van der Waals surface area contributed by atoms with E-state index < -0.39 is 21.8 Å². The average molecular weight is 456 g/mol. The molecule has 0 atom stereocenters. The van der Waals surface area contributed by atoms with E-state index >= 15 is 0 Å². The second-order valence-corrected chi connectivity index (χ2v) is 8.61. The van der Waals surface area contributed by atoms with Crippen LogP contribution in [0.4, 0.5) is 10.1 Å². The fourth-order valence-corrected chi connectivity index (χ4v) is 3.75. The molecule has 0 aliphatic carbocycles. The molecule has 0 aromatic heterocycles. The molecule has 166 valence electrons. The lowest BCUT2D eigenvalue weighted by molar-refractivity contribution is -0.111. The van der Waals surface area contributed by atoms with Crippen LogP contribution in [0.15, 0.2) is 71.6 Å². The summed E-state index contributed by atoms with van der Waals surface area (Å²) in [5.41, 5.74) is 2.38. The summed E-state index contributed by atoms with van der Waals surface area (Å²) >= 11 is 0. The first-order chi connectivity index (χ1) is 15.2. The van der Waals surface area contributed by atoms with Crippen LogP contribution in [-0.4, -0.2) is 21.4 Å². The van der Waals surface area contributed by atoms with Gasteiger partial charge < -0.3 is 14.2 Å². The fraction of sp³-hybridized carbons (Fsp3) is 0.125. The Bertz CT molecular complexity index is 1270. The Kier molecular flexibility index (Phi) is 6.95. The normalized spacial score (nSPS) is 11.4. The molecule has 8 heteroatoms. The van der Waals surface area contributed by atoms with Crippen molar-refractivity contribution in [3.8, 4) is 11.5 Å². The summed E-state index contributed by atoms with van der Waals surface area (Å²) in [6.07, 6.45) is 2.73. The van der Waals surface area contributed by atoms with Gasteiger partial charge in [0.15, 0.2) is 11.5 Å². The maximum absolute atomic E-state index is 13.8. The van der Waals surface area contributed by atoms with E-state index in [-0.39, 0.29) is 22.1 Å². The molecule has 0 aliphatic heterocycles. The number of rotatable bonds is 7. The van der Waals surface area contributed by atoms with Gasteiger partial charge in [-0.25, -0.2) is 4.39 Å². The summed E-state index contributed by atoms with van der Waals surface area (Å²) in [5.74, 6) is -0.865. The highest BCUT2D eigenvalue weighted by Gasteiger charge is 2.19. The van der Waals surface area contributed by atoms with Crippen LogP contribution in [0.2, 0.25) is 0 Å². The predicted octanol–water partition coefficient (Wildman–Crippen LogP) is 4.87. The molecule has 6 nitrogen and oxygen atoms in total. The van der Waals surface area contributed by atoms with Gasteiger partial charge in [0.2, 0.25) is 5.91 Å². The van der Waals surface area contributed by atoms with E-state index in [2.05, 4.69) is 5.32 Å². The van der Waals surface area contributed by atoms with Crippen LogP contribution in [-0.2, 0) is 14.9 Å². The van der Waals surface area contributed by atoms with E-state index in [0.717, 1.165) is 11.1 Å². The highest BCUT2D eigenvalue weighted by atomic mass is 32.2. The number of ether oxygens (including phenoxy) is 1. The number of hydrogen-bond acceptors (Lipinski definition) is 5. The van der Waals surface area contributed by atoms with E-state index in [1.165, 1.54) is 55.7 Å². The van der Waals surface area contributed by atoms with Crippen LogP contribution in [0.25, 0.3) is 6.08 Å². The molecule has 1 N–H and O–H groups in total. The summed E-state index contributed by atoms with van der Waals surface area (Å²) in [6.45, 7) is 3.64. The van der Waals surface area contributed by atoms with Crippen molar-refractivity contribution >= 4 is 27.8 Å². The lowest BCUT2D eigenvalue weighted by Crippen LogP contribution is -2.10. The molecule has 0 saturated carbocycles. The van der Waals surface area contributed by atoms with Gasteiger partial charge in [0.1, 0.15) is 10.7 Å². The summed E-state index contributed by atoms with van der Waals surface area (Å²) in [5, 5.41) is 2.48. The van der Waals surface area contributed by atoms with Gasteiger partial charge in [-0.3, -0.25) is 4.79 Å². The fourth-order valence-electron chi connectivity index (χ4n) is 2.81. The summed E-state index contributed by atoms with van der Waals surface area (Å²) < 4.78 is 49.3. The SMILES string of the molecule is COc1cc(/C=C/C(=O)Nc2cc(C)ccc2F)ccc1OS(=O)(=O)c1ccc(C)cc1. The van der Waals surface area contributed by atoms with Crippen molar-refractivity contribution in [2.45, 2.75) is 18.7 Å². The van der Waals surface area contributed by atoms with Crippen molar-refractivity contribution in [1.82, 2.24) is 0 Å².